The van der Waals surface area contributed by atoms with Crippen LogP contribution in [0.4, 0.5) is 0 Å². The molecule has 1 rings (SSSR count). The van der Waals surface area contributed by atoms with Crippen LogP contribution in [0.1, 0.15) is 111 Å². The van der Waals surface area contributed by atoms with E-state index in [1.165, 1.54) is 25.7 Å². The van der Waals surface area contributed by atoms with E-state index in [1.54, 1.807) is 0 Å². The standard InChI is InChI=1S/C25H46O4/c1-20(2)13-7-5-11-17-28-24(26)19-23(22-15-9-10-16-22)25(27)29-18-12-6-8-14-21(3)4/h20-23H,5-19H2,1-4H3. The van der Waals surface area contributed by atoms with Crippen LogP contribution in [0.3, 0.4) is 0 Å². The predicted molar refractivity (Wildman–Crippen MR) is 119 cm³/mol. The van der Waals surface area contributed by atoms with E-state index >= 15 is 0 Å². The Bertz CT molecular complexity index is 438. The van der Waals surface area contributed by atoms with Crippen molar-refractivity contribution in [2.24, 2.45) is 23.7 Å². The van der Waals surface area contributed by atoms with Crippen molar-refractivity contribution in [1.82, 2.24) is 0 Å². The SMILES string of the molecule is CC(C)CCCCCOC(=O)CC(C(=O)OCCCCCC(C)C)C1CCCC1. The van der Waals surface area contributed by atoms with E-state index in [-0.39, 0.29) is 30.2 Å². The normalized spacial score (nSPS) is 15.8. The number of ether oxygens (including phenoxy) is 2. The molecule has 0 heterocycles. The molecule has 0 aromatic carbocycles. The van der Waals surface area contributed by atoms with Crippen LogP contribution in [-0.2, 0) is 19.1 Å². The van der Waals surface area contributed by atoms with Gasteiger partial charge in [0.25, 0.3) is 0 Å². The smallest absolute Gasteiger partial charge is 0.309 e. The largest absolute Gasteiger partial charge is 0.466 e. The molecule has 0 amide bonds. The van der Waals surface area contributed by atoms with Crippen molar-refractivity contribution >= 4 is 11.9 Å². The summed E-state index contributed by atoms with van der Waals surface area (Å²) in [5.74, 6) is 0.995. The van der Waals surface area contributed by atoms with Crippen molar-refractivity contribution in [2.75, 3.05) is 13.2 Å². The summed E-state index contributed by atoms with van der Waals surface area (Å²) < 4.78 is 11.0. The van der Waals surface area contributed by atoms with Gasteiger partial charge in [0.15, 0.2) is 0 Å². The lowest BCUT2D eigenvalue weighted by Gasteiger charge is -2.21. The summed E-state index contributed by atoms with van der Waals surface area (Å²) in [6, 6.07) is 0. The van der Waals surface area contributed by atoms with E-state index in [0.29, 0.717) is 13.2 Å². The van der Waals surface area contributed by atoms with Crippen LogP contribution in [-0.4, -0.2) is 25.2 Å². The number of hydrogen-bond donors (Lipinski definition) is 0. The van der Waals surface area contributed by atoms with E-state index in [4.69, 9.17) is 9.47 Å². The summed E-state index contributed by atoms with van der Waals surface area (Å²) in [6.45, 7) is 9.88. The Kier molecular flexibility index (Phi) is 14.1. The monoisotopic (exact) mass is 410 g/mol. The second kappa shape index (κ2) is 15.7. The van der Waals surface area contributed by atoms with Crippen molar-refractivity contribution in [2.45, 2.75) is 111 Å². The van der Waals surface area contributed by atoms with E-state index in [1.807, 2.05) is 0 Å². The summed E-state index contributed by atoms with van der Waals surface area (Å²) in [7, 11) is 0. The first-order chi connectivity index (χ1) is 13.9. The van der Waals surface area contributed by atoms with Gasteiger partial charge in [0.05, 0.1) is 25.6 Å². The zero-order valence-electron chi connectivity index (χ0n) is 19.5. The number of unbranched alkanes of at least 4 members (excludes halogenated alkanes) is 4. The Balaban J connectivity index is 2.29. The fourth-order valence-corrected chi connectivity index (χ4v) is 4.17. The first-order valence-corrected chi connectivity index (χ1v) is 12.2. The topological polar surface area (TPSA) is 52.6 Å². The fourth-order valence-electron chi connectivity index (χ4n) is 4.17. The molecule has 0 bridgehead atoms. The summed E-state index contributed by atoms with van der Waals surface area (Å²) >= 11 is 0. The summed E-state index contributed by atoms with van der Waals surface area (Å²) in [4.78, 5) is 25.0. The van der Waals surface area contributed by atoms with Crippen LogP contribution in [0.2, 0.25) is 0 Å². The van der Waals surface area contributed by atoms with Crippen molar-refractivity contribution in [1.29, 1.82) is 0 Å². The van der Waals surface area contributed by atoms with Gasteiger partial charge in [-0.3, -0.25) is 9.59 Å². The quantitative estimate of drug-likeness (QED) is 0.210. The number of carbonyl (C=O) groups excluding carboxylic acids is 2. The molecule has 0 aromatic rings. The number of esters is 2. The first kappa shape index (κ1) is 26.0. The van der Waals surface area contributed by atoms with Gasteiger partial charge in [0.1, 0.15) is 0 Å². The van der Waals surface area contributed by atoms with Crippen LogP contribution >= 0.6 is 0 Å². The first-order valence-electron chi connectivity index (χ1n) is 12.2. The molecule has 29 heavy (non-hydrogen) atoms. The van der Waals surface area contributed by atoms with Crippen LogP contribution in [0.5, 0.6) is 0 Å². The Morgan fingerprint density at radius 2 is 1.28 bits per heavy atom. The second-order valence-electron chi connectivity index (χ2n) is 9.73. The maximum atomic E-state index is 12.7. The van der Waals surface area contributed by atoms with Crippen molar-refractivity contribution in [3.63, 3.8) is 0 Å². The molecular formula is C25H46O4. The third kappa shape index (κ3) is 13.0. The molecule has 0 spiro atoms. The van der Waals surface area contributed by atoms with Crippen molar-refractivity contribution in [3.05, 3.63) is 0 Å². The molecule has 1 aliphatic rings. The van der Waals surface area contributed by atoms with Gasteiger partial charge in [-0.05, 0) is 43.4 Å². The lowest BCUT2D eigenvalue weighted by atomic mass is 9.88. The molecule has 4 heteroatoms. The van der Waals surface area contributed by atoms with Crippen molar-refractivity contribution < 1.29 is 19.1 Å². The van der Waals surface area contributed by atoms with Gasteiger partial charge in [0, 0.05) is 0 Å². The maximum Gasteiger partial charge on any atom is 0.309 e. The van der Waals surface area contributed by atoms with Crippen molar-refractivity contribution in [3.8, 4) is 0 Å². The minimum Gasteiger partial charge on any atom is -0.466 e. The molecule has 1 aliphatic carbocycles. The molecule has 1 saturated carbocycles. The van der Waals surface area contributed by atoms with Gasteiger partial charge < -0.3 is 9.47 Å². The predicted octanol–water partition coefficient (Wildman–Crippen LogP) is 6.70. The highest BCUT2D eigenvalue weighted by Crippen LogP contribution is 2.34. The minimum absolute atomic E-state index is 0.183. The molecule has 1 fully saturated rings. The Morgan fingerprint density at radius 3 is 1.79 bits per heavy atom. The second-order valence-corrected chi connectivity index (χ2v) is 9.73. The Hall–Kier alpha value is -1.06. The van der Waals surface area contributed by atoms with E-state index in [9.17, 15) is 9.59 Å². The zero-order chi connectivity index (χ0) is 21.5. The average Bonchev–Trinajstić information content (AvgIpc) is 3.19. The van der Waals surface area contributed by atoms with Gasteiger partial charge in [-0.15, -0.1) is 0 Å². The minimum atomic E-state index is -0.318. The van der Waals surface area contributed by atoms with E-state index in [0.717, 1.165) is 63.2 Å². The van der Waals surface area contributed by atoms with Gasteiger partial charge in [-0.2, -0.15) is 0 Å². The molecule has 0 aromatic heterocycles. The lowest BCUT2D eigenvalue weighted by Crippen LogP contribution is -2.28. The summed E-state index contributed by atoms with van der Waals surface area (Å²) in [5, 5.41) is 0. The summed E-state index contributed by atoms with van der Waals surface area (Å²) in [5.41, 5.74) is 0. The third-order valence-corrected chi connectivity index (χ3v) is 6.02. The Labute approximate surface area is 179 Å². The number of rotatable bonds is 16. The highest BCUT2D eigenvalue weighted by atomic mass is 16.5. The van der Waals surface area contributed by atoms with Gasteiger partial charge in [-0.1, -0.05) is 79.1 Å². The molecule has 0 saturated heterocycles. The highest BCUT2D eigenvalue weighted by molar-refractivity contribution is 5.80. The van der Waals surface area contributed by atoms with Crippen LogP contribution in [0.25, 0.3) is 0 Å². The van der Waals surface area contributed by atoms with Crippen LogP contribution < -0.4 is 0 Å². The summed E-state index contributed by atoms with van der Waals surface area (Å²) in [6.07, 6.45) is 13.4. The van der Waals surface area contributed by atoms with Gasteiger partial charge in [-0.25, -0.2) is 0 Å². The molecule has 0 N–H and O–H groups in total. The molecule has 0 radical (unpaired) electrons. The molecule has 1 atom stereocenters. The van der Waals surface area contributed by atoms with Gasteiger partial charge >= 0.3 is 11.9 Å². The molecule has 1 unspecified atom stereocenters. The molecule has 4 nitrogen and oxygen atoms in total. The third-order valence-electron chi connectivity index (χ3n) is 6.02. The number of carbonyl (C=O) groups is 2. The molecule has 0 aliphatic heterocycles. The molecule has 170 valence electrons. The van der Waals surface area contributed by atoms with Gasteiger partial charge in [0.2, 0.25) is 0 Å². The van der Waals surface area contributed by atoms with E-state index < -0.39 is 0 Å². The van der Waals surface area contributed by atoms with Crippen LogP contribution in [0.15, 0.2) is 0 Å². The van der Waals surface area contributed by atoms with E-state index in [2.05, 4.69) is 27.7 Å². The lowest BCUT2D eigenvalue weighted by molar-refractivity contribution is -0.157. The average molecular weight is 411 g/mol. The number of hydrogen-bond acceptors (Lipinski definition) is 4. The highest BCUT2D eigenvalue weighted by Gasteiger charge is 2.34. The Morgan fingerprint density at radius 1 is 0.759 bits per heavy atom. The zero-order valence-corrected chi connectivity index (χ0v) is 19.5. The maximum absolute atomic E-state index is 12.7. The van der Waals surface area contributed by atoms with Crippen LogP contribution in [0, 0.1) is 23.7 Å². The molecular weight excluding hydrogens is 364 g/mol. The fraction of sp³-hybridized carbons (Fsp3) is 0.920.